The van der Waals surface area contributed by atoms with E-state index in [9.17, 15) is 0 Å². The maximum atomic E-state index is 6.02. The number of aromatic nitrogens is 2. The molecule has 0 aliphatic heterocycles. The third kappa shape index (κ3) is 2.29. The van der Waals surface area contributed by atoms with Crippen molar-refractivity contribution in [2.45, 2.75) is 44.1 Å². The molecule has 0 aromatic carbocycles. The minimum Gasteiger partial charge on any atom is -0.328 e. The highest BCUT2D eigenvalue weighted by atomic mass is 14.8. The van der Waals surface area contributed by atoms with Crippen molar-refractivity contribution in [2.24, 2.45) is 5.73 Å². The lowest BCUT2D eigenvalue weighted by atomic mass is 9.93. The number of rotatable bonds is 1. The summed E-state index contributed by atoms with van der Waals surface area (Å²) in [5.74, 6) is 0.577. The van der Waals surface area contributed by atoms with Gasteiger partial charge in [0.1, 0.15) is 6.33 Å². The van der Waals surface area contributed by atoms with Gasteiger partial charge in [0, 0.05) is 18.4 Å². The quantitative estimate of drug-likeness (QED) is 0.689. The molecule has 1 fully saturated rings. The number of nitrogens with two attached hydrogens (primary N) is 1. The Labute approximate surface area is 84.8 Å². The van der Waals surface area contributed by atoms with Gasteiger partial charge in [0.15, 0.2) is 0 Å². The molecule has 2 unspecified atom stereocenters. The van der Waals surface area contributed by atoms with E-state index in [1.807, 2.05) is 12.4 Å². The van der Waals surface area contributed by atoms with Crippen LogP contribution in [-0.4, -0.2) is 16.0 Å². The molecular weight excluding hydrogens is 174 g/mol. The smallest absolute Gasteiger partial charge is 0.115 e. The van der Waals surface area contributed by atoms with Crippen LogP contribution in [-0.2, 0) is 0 Å². The van der Waals surface area contributed by atoms with Crippen LogP contribution >= 0.6 is 0 Å². The van der Waals surface area contributed by atoms with E-state index >= 15 is 0 Å². The van der Waals surface area contributed by atoms with E-state index in [-0.39, 0.29) is 0 Å². The fraction of sp³-hybridized carbons (Fsp3) is 0.636. The second kappa shape index (κ2) is 4.51. The third-order valence-corrected chi connectivity index (χ3v) is 3.02. The Balaban J connectivity index is 2.09. The highest BCUT2D eigenvalue weighted by molar-refractivity contribution is 5.11. The molecule has 0 saturated heterocycles. The molecule has 1 aromatic rings. The highest BCUT2D eigenvalue weighted by Gasteiger charge is 2.19. The van der Waals surface area contributed by atoms with E-state index in [0.29, 0.717) is 12.0 Å². The molecule has 1 heterocycles. The van der Waals surface area contributed by atoms with Gasteiger partial charge in [-0.05, 0) is 30.7 Å². The van der Waals surface area contributed by atoms with Gasteiger partial charge in [0.25, 0.3) is 0 Å². The Morgan fingerprint density at radius 3 is 2.64 bits per heavy atom. The molecule has 0 spiro atoms. The van der Waals surface area contributed by atoms with E-state index in [1.54, 1.807) is 6.33 Å². The van der Waals surface area contributed by atoms with Gasteiger partial charge in [-0.3, -0.25) is 0 Å². The molecule has 0 radical (unpaired) electrons. The summed E-state index contributed by atoms with van der Waals surface area (Å²) in [7, 11) is 0. The van der Waals surface area contributed by atoms with Crippen LogP contribution in [0.1, 0.15) is 43.6 Å². The lowest BCUT2D eigenvalue weighted by Gasteiger charge is -2.16. The van der Waals surface area contributed by atoms with Crippen molar-refractivity contribution in [3.05, 3.63) is 24.3 Å². The minimum absolute atomic E-state index is 0.364. The van der Waals surface area contributed by atoms with Crippen LogP contribution in [0.4, 0.5) is 0 Å². The molecule has 2 atom stereocenters. The van der Waals surface area contributed by atoms with Gasteiger partial charge in [-0.25, -0.2) is 9.97 Å². The SMILES string of the molecule is NC1CCCCC(c2cncnc2)C1. The Morgan fingerprint density at radius 1 is 1.14 bits per heavy atom. The van der Waals surface area contributed by atoms with Crippen LogP contribution in [0.2, 0.25) is 0 Å². The summed E-state index contributed by atoms with van der Waals surface area (Å²) >= 11 is 0. The summed E-state index contributed by atoms with van der Waals surface area (Å²) in [5.41, 5.74) is 7.28. The van der Waals surface area contributed by atoms with E-state index in [1.165, 1.54) is 31.2 Å². The van der Waals surface area contributed by atoms with Crippen LogP contribution < -0.4 is 5.73 Å². The molecule has 1 aromatic heterocycles. The van der Waals surface area contributed by atoms with Crippen molar-refractivity contribution in [2.75, 3.05) is 0 Å². The lowest BCUT2D eigenvalue weighted by Crippen LogP contribution is -2.20. The van der Waals surface area contributed by atoms with Crippen molar-refractivity contribution in [1.29, 1.82) is 0 Å². The zero-order valence-electron chi connectivity index (χ0n) is 8.39. The van der Waals surface area contributed by atoms with Crippen LogP contribution in [0.3, 0.4) is 0 Å². The maximum absolute atomic E-state index is 6.02. The van der Waals surface area contributed by atoms with E-state index in [2.05, 4.69) is 9.97 Å². The summed E-state index contributed by atoms with van der Waals surface area (Å²) in [6.07, 6.45) is 11.5. The molecule has 0 bridgehead atoms. The Kier molecular flexibility index (Phi) is 3.09. The molecule has 76 valence electrons. The topological polar surface area (TPSA) is 51.8 Å². The fourth-order valence-electron chi connectivity index (χ4n) is 2.22. The van der Waals surface area contributed by atoms with Gasteiger partial charge in [-0.1, -0.05) is 12.8 Å². The van der Waals surface area contributed by atoms with Crippen molar-refractivity contribution in [3.63, 3.8) is 0 Å². The third-order valence-electron chi connectivity index (χ3n) is 3.02. The summed E-state index contributed by atoms with van der Waals surface area (Å²) in [6.45, 7) is 0. The zero-order valence-corrected chi connectivity index (χ0v) is 8.39. The number of nitrogens with zero attached hydrogens (tertiary/aromatic N) is 2. The van der Waals surface area contributed by atoms with Gasteiger partial charge in [0.2, 0.25) is 0 Å². The Morgan fingerprint density at radius 2 is 1.86 bits per heavy atom. The largest absolute Gasteiger partial charge is 0.328 e. The molecule has 1 aliphatic carbocycles. The average molecular weight is 191 g/mol. The lowest BCUT2D eigenvalue weighted by molar-refractivity contribution is 0.533. The molecule has 14 heavy (non-hydrogen) atoms. The van der Waals surface area contributed by atoms with Gasteiger partial charge < -0.3 is 5.73 Å². The van der Waals surface area contributed by atoms with Gasteiger partial charge in [-0.2, -0.15) is 0 Å². The molecule has 1 saturated carbocycles. The molecule has 1 aliphatic rings. The van der Waals surface area contributed by atoms with Gasteiger partial charge >= 0.3 is 0 Å². The highest BCUT2D eigenvalue weighted by Crippen LogP contribution is 2.30. The molecule has 3 nitrogen and oxygen atoms in total. The average Bonchev–Trinajstić information content (AvgIpc) is 2.44. The van der Waals surface area contributed by atoms with E-state index in [0.717, 1.165) is 6.42 Å². The van der Waals surface area contributed by atoms with Gasteiger partial charge in [-0.15, -0.1) is 0 Å². The Hall–Kier alpha value is -0.960. The van der Waals surface area contributed by atoms with Crippen molar-refractivity contribution < 1.29 is 0 Å². The molecule has 2 rings (SSSR count). The molecular formula is C11H17N3. The standard InChI is InChI=1S/C11H17N3/c12-11-4-2-1-3-9(5-11)10-6-13-8-14-7-10/h6-9,11H,1-5,12H2. The zero-order chi connectivity index (χ0) is 9.80. The van der Waals surface area contributed by atoms with Crippen LogP contribution in [0.5, 0.6) is 0 Å². The first kappa shape index (κ1) is 9.59. The molecule has 0 amide bonds. The Bertz CT molecular complexity index is 273. The predicted octanol–water partition coefficient (Wildman–Crippen LogP) is 1.85. The fourth-order valence-corrected chi connectivity index (χ4v) is 2.22. The van der Waals surface area contributed by atoms with Crippen LogP contribution in [0, 0.1) is 0 Å². The van der Waals surface area contributed by atoms with E-state index in [4.69, 9.17) is 5.73 Å². The number of hydrogen-bond donors (Lipinski definition) is 1. The first-order valence-electron chi connectivity index (χ1n) is 5.37. The summed E-state index contributed by atoms with van der Waals surface area (Å²) in [4.78, 5) is 8.13. The predicted molar refractivity (Wildman–Crippen MR) is 55.8 cm³/mol. The van der Waals surface area contributed by atoms with Crippen LogP contribution in [0.25, 0.3) is 0 Å². The monoisotopic (exact) mass is 191 g/mol. The van der Waals surface area contributed by atoms with Crippen molar-refractivity contribution in [1.82, 2.24) is 9.97 Å². The maximum Gasteiger partial charge on any atom is 0.115 e. The van der Waals surface area contributed by atoms with E-state index < -0.39 is 0 Å². The number of hydrogen-bond acceptors (Lipinski definition) is 3. The second-order valence-corrected chi connectivity index (χ2v) is 4.15. The first-order chi connectivity index (χ1) is 6.86. The van der Waals surface area contributed by atoms with Crippen molar-refractivity contribution >= 4 is 0 Å². The first-order valence-corrected chi connectivity index (χ1v) is 5.37. The molecule has 3 heteroatoms. The van der Waals surface area contributed by atoms with Gasteiger partial charge in [0.05, 0.1) is 0 Å². The molecule has 2 N–H and O–H groups in total. The minimum atomic E-state index is 0.364. The van der Waals surface area contributed by atoms with Crippen LogP contribution in [0.15, 0.2) is 18.7 Å². The summed E-state index contributed by atoms with van der Waals surface area (Å²) < 4.78 is 0. The normalized spacial score (nSPS) is 28.4. The summed E-state index contributed by atoms with van der Waals surface area (Å²) in [6, 6.07) is 0.364. The second-order valence-electron chi connectivity index (χ2n) is 4.15. The summed E-state index contributed by atoms with van der Waals surface area (Å²) in [5, 5.41) is 0. The van der Waals surface area contributed by atoms with Crippen molar-refractivity contribution in [3.8, 4) is 0 Å².